The highest BCUT2D eigenvalue weighted by Crippen LogP contribution is 2.33. The van der Waals surface area contributed by atoms with Gasteiger partial charge in [0, 0.05) is 18.7 Å². The fourth-order valence-corrected chi connectivity index (χ4v) is 3.60. The Bertz CT molecular complexity index is 1030. The molecule has 1 saturated carbocycles. The van der Waals surface area contributed by atoms with Crippen molar-refractivity contribution in [3.05, 3.63) is 42.0 Å². The van der Waals surface area contributed by atoms with Crippen LogP contribution in [0.15, 0.2) is 36.4 Å². The molecule has 0 atom stereocenters. The van der Waals surface area contributed by atoms with E-state index in [9.17, 15) is 9.59 Å². The molecule has 144 valence electrons. The number of benzene rings is 1. The summed E-state index contributed by atoms with van der Waals surface area (Å²) < 4.78 is 5.01. The van der Waals surface area contributed by atoms with Crippen molar-refractivity contribution in [1.82, 2.24) is 9.97 Å². The summed E-state index contributed by atoms with van der Waals surface area (Å²) in [5, 5.41) is 3.45. The summed E-state index contributed by atoms with van der Waals surface area (Å²) in [7, 11) is 1.91. The van der Waals surface area contributed by atoms with Crippen LogP contribution in [0.5, 0.6) is 0 Å². The molecule has 1 fully saturated rings. The van der Waals surface area contributed by atoms with Gasteiger partial charge in [-0.1, -0.05) is 11.3 Å². The Labute approximate surface area is 166 Å². The normalized spacial score (nSPS) is 13.4. The van der Waals surface area contributed by atoms with Crippen molar-refractivity contribution in [2.75, 3.05) is 23.9 Å². The van der Waals surface area contributed by atoms with Crippen molar-refractivity contribution < 1.29 is 14.3 Å². The molecule has 2 aromatic heterocycles. The van der Waals surface area contributed by atoms with E-state index in [4.69, 9.17) is 4.74 Å². The van der Waals surface area contributed by atoms with Crippen LogP contribution in [0.2, 0.25) is 0 Å². The maximum Gasteiger partial charge on any atom is 0.338 e. The van der Waals surface area contributed by atoms with Crippen LogP contribution in [-0.4, -0.2) is 35.5 Å². The Hall–Kier alpha value is -3.00. The van der Waals surface area contributed by atoms with E-state index in [0.717, 1.165) is 34.7 Å². The molecule has 0 spiro atoms. The van der Waals surface area contributed by atoms with Crippen LogP contribution < -0.4 is 10.2 Å². The minimum atomic E-state index is -0.332. The van der Waals surface area contributed by atoms with Crippen LogP contribution in [0.3, 0.4) is 0 Å². The minimum Gasteiger partial charge on any atom is -0.462 e. The maximum atomic E-state index is 11.9. The van der Waals surface area contributed by atoms with Gasteiger partial charge in [0.25, 0.3) is 0 Å². The van der Waals surface area contributed by atoms with Crippen molar-refractivity contribution in [3.8, 4) is 0 Å². The van der Waals surface area contributed by atoms with Crippen LogP contribution in [0.1, 0.15) is 30.1 Å². The Morgan fingerprint density at radius 3 is 2.61 bits per heavy atom. The predicted octanol–water partition coefficient (Wildman–Crippen LogP) is 3.98. The molecule has 0 unspecified atom stereocenters. The van der Waals surface area contributed by atoms with E-state index in [1.165, 1.54) is 11.3 Å². The van der Waals surface area contributed by atoms with Crippen LogP contribution in [-0.2, 0) is 9.53 Å². The summed E-state index contributed by atoms with van der Waals surface area (Å²) in [6.07, 6.45) is 1.91. The fraction of sp³-hybridized carbons (Fsp3) is 0.300. The van der Waals surface area contributed by atoms with E-state index >= 15 is 0 Å². The van der Waals surface area contributed by atoms with Gasteiger partial charge < -0.3 is 15.0 Å². The number of nitrogens with zero attached hydrogens (tertiary/aromatic N) is 3. The number of esters is 1. The smallest absolute Gasteiger partial charge is 0.338 e. The third-order valence-corrected chi connectivity index (χ3v) is 5.41. The number of anilines is 3. The number of thiazole rings is 1. The Morgan fingerprint density at radius 2 is 1.93 bits per heavy atom. The lowest BCUT2D eigenvalue weighted by Gasteiger charge is -2.18. The van der Waals surface area contributed by atoms with E-state index < -0.39 is 0 Å². The summed E-state index contributed by atoms with van der Waals surface area (Å²) in [6, 6.07) is 11.0. The molecule has 0 saturated heterocycles. The first kappa shape index (κ1) is 18.4. The van der Waals surface area contributed by atoms with Crippen molar-refractivity contribution in [2.24, 2.45) is 5.92 Å². The number of rotatable bonds is 6. The van der Waals surface area contributed by atoms with Crippen molar-refractivity contribution in [1.29, 1.82) is 0 Å². The van der Waals surface area contributed by atoms with Gasteiger partial charge in [0.1, 0.15) is 16.2 Å². The molecule has 0 bridgehead atoms. The fourth-order valence-electron chi connectivity index (χ4n) is 2.77. The number of nitrogens with one attached hydrogen (secondary N) is 1. The quantitative estimate of drug-likeness (QED) is 0.635. The van der Waals surface area contributed by atoms with Crippen LogP contribution >= 0.6 is 11.3 Å². The van der Waals surface area contributed by atoms with Crippen LogP contribution in [0.25, 0.3) is 10.3 Å². The van der Waals surface area contributed by atoms with Crippen molar-refractivity contribution in [3.63, 3.8) is 0 Å². The van der Waals surface area contributed by atoms with Gasteiger partial charge in [-0.3, -0.25) is 4.79 Å². The SMILES string of the molecule is CCOC(=O)c1ccc(N(C)c2ccc3nc(NC(=O)C4CC4)sc3n2)cc1. The average molecular weight is 396 g/mol. The second kappa shape index (κ2) is 7.55. The summed E-state index contributed by atoms with van der Waals surface area (Å²) in [6.45, 7) is 2.13. The molecular formula is C20H20N4O3S. The first-order valence-electron chi connectivity index (χ1n) is 9.14. The second-order valence-electron chi connectivity index (χ2n) is 6.60. The number of ether oxygens (including phenoxy) is 1. The van der Waals surface area contributed by atoms with E-state index in [1.54, 1.807) is 19.1 Å². The molecule has 0 aliphatic heterocycles. The average Bonchev–Trinajstić information content (AvgIpc) is 3.48. The molecule has 3 aromatic rings. The highest BCUT2D eigenvalue weighted by Gasteiger charge is 2.30. The maximum absolute atomic E-state index is 11.9. The summed E-state index contributed by atoms with van der Waals surface area (Å²) in [5.41, 5.74) is 2.17. The zero-order chi connectivity index (χ0) is 19.7. The van der Waals surface area contributed by atoms with Gasteiger partial charge in [0.2, 0.25) is 5.91 Å². The Balaban J connectivity index is 1.52. The number of hydrogen-bond acceptors (Lipinski definition) is 7. The number of hydrogen-bond donors (Lipinski definition) is 1. The minimum absolute atomic E-state index is 0.0399. The topological polar surface area (TPSA) is 84.4 Å². The van der Waals surface area contributed by atoms with E-state index in [2.05, 4.69) is 15.3 Å². The highest BCUT2D eigenvalue weighted by atomic mass is 32.1. The van der Waals surface area contributed by atoms with Crippen molar-refractivity contribution in [2.45, 2.75) is 19.8 Å². The Kier molecular flexibility index (Phi) is 4.95. The van der Waals surface area contributed by atoms with E-state index in [1.807, 2.05) is 36.2 Å². The van der Waals surface area contributed by atoms with E-state index in [-0.39, 0.29) is 17.8 Å². The summed E-state index contributed by atoms with van der Waals surface area (Å²) >= 11 is 1.37. The molecule has 1 amide bonds. The molecule has 4 rings (SSSR count). The van der Waals surface area contributed by atoms with Crippen molar-refractivity contribution >= 4 is 50.2 Å². The summed E-state index contributed by atoms with van der Waals surface area (Å²) in [5.74, 6) is 0.596. The van der Waals surface area contributed by atoms with Gasteiger partial charge in [0.05, 0.1) is 12.2 Å². The van der Waals surface area contributed by atoms with Crippen LogP contribution in [0, 0.1) is 5.92 Å². The van der Waals surface area contributed by atoms with Gasteiger partial charge in [0.15, 0.2) is 5.13 Å². The zero-order valence-corrected chi connectivity index (χ0v) is 16.5. The lowest BCUT2D eigenvalue weighted by atomic mass is 10.2. The second-order valence-corrected chi connectivity index (χ2v) is 7.58. The van der Waals surface area contributed by atoms with Gasteiger partial charge in [-0.05, 0) is 56.2 Å². The first-order chi connectivity index (χ1) is 13.5. The van der Waals surface area contributed by atoms with Gasteiger partial charge in [-0.15, -0.1) is 0 Å². The molecule has 8 heteroatoms. The lowest BCUT2D eigenvalue weighted by molar-refractivity contribution is -0.117. The molecular weight excluding hydrogens is 376 g/mol. The number of aromatic nitrogens is 2. The molecule has 28 heavy (non-hydrogen) atoms. The van der Waals surface area contributed by atoms with Gasteiger partial charge in [-0.25, -0.2) is 14.8 Å². The standard InChI is InChI=1S/C20H20N4O3S/c1-3-27-19(26)13-6-8-14(9-7-13)24(2)16-11-10-15-18(22-16)28-20(21-15)23-17(25)12-4-5-12/h6-12H,3-5H2,1-2H3,(H,21,23,25). The Morgan fingerprint density at radius 1 is 1.18 bits per heavy atom. The first-order valence-corrected chi connectivity index (χ1v) is 9.96. The molecule has 1 aromatic carbocycles. The monoisotopic (exact) mass is 396 g/mol. The number of carbonyl (C=O) groups is 2. The molecule has 7 nitrogen and oxygen atoms in total. The number of pyridine rings is 1. The zero-order valence-electron chi connectivity index (χ0n) is 15.6. The van der Waals surface area contributed by atoms with Gasteiger partial charge >= 0.3 is 5.97 Å². The third kappa shape index (κ3) is 3.82. The van der Waals surface area contributed by atoms with E-state index in [0.29, 0.717) is 17.3 Å². The third-order valence-electron chi connectivity index (χ3n) is 4.53. The number of carbonyl (C=O) groups excluding carboxylic acids is 2. The molecule has 1 aliphatic carbocycles. The highest BCUT2D eigenvalue weighted by molar-refractivity contribution is 7.22. The molecule has 2 heterocycles. The molecule has 0 radical (unpaired) electrons. The summed E-state index contributed by atoms with van der Waals surface area (Å²) in [4.78, 5) is 35.5. The number of fused-ring (bicyclic) bond motifs is 1. The molecule has 1 aliphatic rings. The van der Waals surface area contributed by atoms with Crippen LogP contribution in [0.4, 0.5) is 16.6 Å². The lowest BCUT2D eigenvalue weighted by Crippen LogP contribution is -2.12. The molecule has 1 N–H and O–H groups in total. The largest absolute Gasteiger partial charge is 0.462 e. The predicted molar refractivity (Wildman–Crippen MR) is 109 cm³/mol. The van der Waals surface area contributed by atoms with Gasteiger partial charge in [-0.2, -0.15) is 0 Å². The number of amides is 1.